The number of imidazole rings is 2. The number of methoxy groups -OCH3 is 1. The number of nitrogens with zero attached hydrogens (tertiary/aromatic N) is 5. The van der Waals surface area contributed by atoms with Crippen LogP contribution in [0.15, 0.2) is 79.0 Å². The summed E-state index contributed by atoms with van der Waals surface area (Å²) in [6.07, 6.45) is 9.71. The maximum absolute atomic E-state index is 13.8. The molecule has 2 bridgehead atoms. The number of hydrogen-bond donors (Lipinski definition) is 3. The van der Waals surface area contributed by atoms with Gasteiger partial charge in [0.15, 0.2) is 0 Å². The fourth-order valence-corrected chi connectivity index (χ4v) is 9.63. The molecule has 4 aliphatic rings. The van der Waals surface area contributed by atoms with Crippen LogP contribution < -0.4 is 5.32 Å². The van der Waals surface area contributed by atoms with Crippen molar-refractivity contribution in [3.63, 3.8) is 0 Å². The third-order valence-corrected chi connectivity index (χ3v) is 12.9. The molecule has 13 heteroatoms. The van der Waals surface area contributed by atoms with Gasteiger partial charge in [-0.15, -0.1) is 0 Å². The molecule has 6 heterocycles. The van der Waals surface area contributed by atoms with E-state index >= 15 is 0 Å². The lowest BCUT2D eigenvalue weighted by atomic mass is 10.0. The molecule has 3 saturated heterocycles. The maximum Gasteiger partial charge on any atom is 0.407 e. The molecule has 13 nitrogen and oxygen atoms in total. The fourth-order valence-electron chi connectivity index (χ4n) is 9.63. The fraction of sp³-hybridized carbons (Fsp3) is 0.438. The van der Waals surface area contributed by atoms with Crippen LogP contribution >= 0.6 is 0 Å². The van der Waals surface area contributed by atoms with E-state index in [0.29, 0.717) is 32.6 Å². The summed E-state index contributed by atoms with van der Waals surface area (Å²) in [5.41, 5.74) is 9.18. The standard InChI is InChI=1S/C48H56N8O5/c1-60-48(59)52-38-12-4-7-27-61-31-40-44(53-46(51-40)42-14-9-26-56(42)47(38)58)35-21-17-33(18-22-35)32-15-19-34(20-16-32)39-29-49-45(50-39)41-13-8-25-55(41)43(57)28-36-10-2-3-11-37(36)30-54-23-5-6-24-54/h2-3,10-11,15-22,29,38,41-42H,4-9,12-14,23-28,30-31H2,1H3,(H,49,50)(H,51,53)(H,52,59)/t38-,41-,42-/m0/s1. The van der Waals surface area contributed by atoms with Crippen molar-refractivity contribution in [3.8, 4) is 33.6 Å². The average Bonchev–Trinajstić information content (AvgIpc) is 4.15. The zero-order valence-corrected chi connectivity index (χ0v) is 35.0. The predicted octanol–water partition coefficient (Wildman–Crippen LogP) is 7.72. The number of nitrogens with one attached hydrogen (secondary N) is 3. The van der Waals surface area contributed by atoms with Crippen molar-refractivity contribution in [2.75, 3.05) is 39.9 Å². The smallest absolute Gasteiger partial charge is 0.407 e. The van der Waals surface area contributed by atoms with Gasteiger partial charge in [-0.2, -0.15) is 0 Å². The molecule has 9 rings (SSSR count). The normalized spacial score (nSPS) is 21.1. The second kappa shape index (κ2) is 18.4. The molecule has 0 unspecified atom stereocenters. The van der Waals surface area contributed by atoms with Crippen molar-refractivity contribution >= 4 is 17.9 Å². The van der Waals surface area contributed by atoms with Crippen LogP contribution in [-0.2, 0) is 38.6 Å². The molecule has 3 atom stereocenters. The van der Waals surface area contributed by atoms with Crippen LogP contribution in [0.4, 0.5) is 4.79 Å². The SMILES string of the molecule is COC(=O)N[C@H]1CCCCOCc2[nH]c(nc2-c2ccc(-c3ccc(-c4cnc([C@@H]5CCCN5C(=O)Cc5ccccc5CN5CCCC5)[nH]4)cc3)cc2)[C@@H]2CCCN2C1=O. The monoisotopic (exact) mass is 824 g/mol. The molecular weight excluding hydrogens is 769 g/mol. The first kappa shape index (κ1) is 40.6. The number of carbonyl (C=O) groups excluding carboxylic acids is 3. The quantitative estimate of drug-likeness (QED) is 0.137. The summed E-state index contributed by atoms with van der Waals surface area (Å²) in [4.78, 5) is 63.0. The van der Waals surface area contributed by atoms with Gasteiger partial charge in [0, 0.05) is 31.8 Å². The lowest BCUT2D eigenvalue weighted by Gasteiger charge is -2.28. The number of alkyl carbamates (subject to hydrolysis) is 1. The Morgan fingerprint density at radius 1 is 0.770 bits per heavy atom. The van der Waals surface area contributed by atoms with E-state index in [1.807, 2.05) is 22.1 Å². The zero-order chi connectivity index (χ0) is 41.7. The number of likely N-dealkylation sites (tertiary alicyclic amines) is 2. The Balaban J connectivity index is 0.871. The number of hydrogen-bond acceptors (Lipinski definition) is 8. The van der Waals surface area contributed by atoms with Crippen molar-refractivity contribution < 1.29 is 23.9 Å². The van der Waals surface area contributed by atoms with Crippen LogP contribution in [0.5, 0.6) is 0 Å². The van der Waals surface area contributed by atoms with E-state index < -0.39 is 12.1 Å². The summed E-state index contributed by atoms with van der Waals surface area (Å²) >= 11 is 0. The molecule has 3 fully saturated rings. The highest BCUT2D eigenvalue weighted by Gasteiger charge is 2.37. The first-order chi connectivity index (χ1) is 29.9. The molecule has 0 aliphatic carbocycles. The summed E-state index contributed by atoms with van der Waals surface area (Å²) in [7, 11) is 1.31. The molecule has 3 N–H and O–H groups in total. The van der Waals surface area contributed by atoms with Gasteiger partial charge in [-0.05, 0) is 98.7 Å². The van der Waals surface area contributed by atoms with Gasteiger partial charge < -0.3 is 34.6 Å². The Kier molecular flexibility index (Phi) is 12.3. The third-order valence-electron chi connectivity index (χ3n) is 12.9. The number of amides is 3. The summed E-state index contributed by atoms with van der Waals surface area (Å²) in [5, 5.41) is 2.76. The highest BCUT2D eigenvalue weighted by molar-refractivity contribution is 5.86. The predicted molar refractivity (Wildman–Crippen MR) is 232 cm³/mol. The van der Waals surface area contributed by atoms with Crippen molar-refractivity contribution in [1.82, 2.24) is 40.0 Å². The summed E-state index contributed by atoms with van der Waals surface area (Å²) in [5.74, 6) is 1.63. The number of H-pyrrole nitrogens is 2. The number of aromatic amines is 2. The highest BCUT2D eigenvalue weighted by Crippen LogP contribution is 2.36. The van der Waals surface area contributed by atoms with E-state index in [1.165, 1.54) is 25.5 Å². The Morgan fingerprint density at radius 3 is 2.25 bits per heavy atom. The Bertz CT molecular complexity index is 2310. The number of ether oxygens (including phenoxy) is 2. The van der Waals surface area contributed by atoms with Crippen LogP contribution in [-0.4, -0.2) is 98.5 Å². The molecule has 61 heavy (non-hydrogen) atoms. The largest absolute Gasteiger partial charge is 0.453 e. The van der Waals surface area contributed by atoms with Crippen LogP contribution in [0, 0.1) is 0 Å². The average molecular weight is 825 g/mol. The van der Waals surface area contributed by atoms with Crippen molar-refractivity contribution in [2.24, 2.45) is 0 Å². The van der Waals surface area contributed by atoms with E-state index in [0.717, 1.165) is 121 Å². The second-order valence-corrected chi connectivity index (χ2v) is 16.9. The van der Waals surface area contributed by atoms with E-state index in [2.05, 4.69) is 86.9 Å². The van der Waals surface area contributed by atoms with E-state index in [9.17, 15) is 14.4 Å². The van der Waals surface area contributed by atoms with Crippen LogP contribution in [0.3, 0.4) is 0 Å². The first-order valence-electron chi connectivity index (χ1n) is 22.1. The van der Waals surface area contributed by atoms with Crippen LogP contribution in [0.25, 0.3) is 33.6 Å². The molecular formula is C48H56N8O5. The molecule has 0 radical (unpaired) electrons. The van der Waals surface area contributed by atoms with Gasteiger partial charge in [0.25, 0.3) is 0 Å². The van der Waals surface area contributed by atoms with Crippen LogP contribution in [0.1, 0.15) is 98.3 Å². The van der Waals surface area contributed by atoms with Gasteiger partial charge in [0.1, 0.15) is 17.7 Å². The molecule has 5 aromatic rings. The number of carbonyl (C=O) groups is 3. The topological polar surface area (TPSA) is 149 Å². The van der Waals surface area contributed by atoms with E-state index in [-0.39, 0.29) is 23.9 Å². The summed E-state index contributed by atoms with van der Waals surface area (Å²) in [6.45, 7) is 5.44. The third kappa shape index (κ3) is 8.99. The van der Waals surface area contributed by atoms with E-state index in [1.54, 1.807) is 0 Å². The number of rotatable bonds is 9. The van der Waals surface area contributed by atoms with Crippen molar-refractivity contribution in [1.29, 1.82) is 0 Å². The molecule has 318 valence electrons. The minimum Gasteiger partial charge on any atom is -0.453 e. The van der Waals surface area contributed by atoms with Gasteiger partial charge in [-0.3, -0.25) is 14.5 Å². The Labute approximate surface area is 357 Å². The minimum absolute atomic E-state index is 0.0597. The van der Waals surface area contributed by atoms with Crippen molar-refractivity contribution in [3.05, 3.63) is 107 Å². The molecule has 0 spiro atoms. The molecule has 4 aliphatic heterocycles. The van der Waals surface area contributed by atoms with Gasteiger partial charge in [0.2, 0.25) is 11.8 Å². The van der Waals surface area contributed by atoms with Gasteiger partial charge >= 0.3 is 6.09 Å². The Morgan fingerprint density at radius 2 is 1.48 bits per heavy atom. The van der Waals surface area contributed by atoms with Gasteiger partial charge in [-0.1, -0.05) is 72.8 Å². The molecule has 0 saturated carbocycles. The number of aromatic nitrogens is 4. The summed E-state index contributed by atoms with van der Waals surface area (Å²) < 4.78 is 10.9. The maximum atomic E-state index is 13.8. The number of benzene rings is 3. The first-order valence-corrected chi connectivity index (χ1v) is 22.1. The lowest BCUT2D eigenvalue weighted by Crippen LogP contribution is -2.48. The highest BCUT2D eigenvalue weighted by atomic mass is 16.5. The minimum atomic E-state index is -0.662. The van der Waals surface area contributed by atoms with Gasteiger partial charge in [0.05, 0.1) is 55.5 Å². The van der Waals surface area contributed by atoms with E-state index in [4.69, 9.17) is 19.4 Å². The van der Waals surface area contributed by atoms with Gasteiger partial charge in [-0.25, -0.2) is 14.8 Å². The molecule has 3 aromatic carbocycles. The van der Waals surface area contributed by atoms with Crippen LogP contribution in [0.2, 0.25) is 0 Å². The van der Waals surface area contributed by atoms with Crippen molar-refractivity contribution in [2.45, 2.75) is 95.5 Å². The molecule has 2 aromatic heterocycles. The zero-order valence-electron chi connectivity index (χ0n) is 35.0. The number of fused-ring (bicyclic) bond motifs is 4. The second-order valence-electron chi connectivity index (χ2n) is 16.9. The Hall–Kier alpha value is -5.79. The lowest BCUT2D eigenvalue weighted by molar-refractivity contribution is -0.134. The molecule has 3 amide bonds. The summed E-state index contributed by atoms with van der Waals surface area (Å²) in [6, 6.07) is 24.3.